The molecule has 0 amide bonds. The van der Waals surface area contributed by atoms with Gasteiger partial charge in [-0.2, -0.15) is 0 Å². The van der Waals surface area contributed by atoms with Gasteiger partial charge in [0.05, 0.1) is 5.41 Å². The predicted molar refractivity (Wildman–Crippen MR) is 187 cm³/mol. The smallest absolute Gasteiger partial charge is 0.0725 e. The molecule has 0 atom stereocenters. The van der Waals surface area contributed by atoms with Crippen molar-refractivity contribution in [2.75, 3.05) is 0 Å². The second-order valence-corrected chi connectivity index (χ2v) is 13.1. The summed E-state index contributed by atoms with van der Waals surface area (Å²) in [4.78, 5) is 0. The van der Waals surface area contributed by atoms with Crippen LogP contribution in [0.2, 0.25) is 0 Å². The van der Waals surface area contributed by atoms with Crippen LogP contribution in [0.15, 0.2) is 158 Å². The van der Waals surface area contributed by atoms with Crippen LogP contribution in [0.5, 0.6) is 0 Å². The van der Waals surface area contributed by atoms with Crippen molar-refractivity contribution in [3.63, 3.8) is 0 Å². The molecule has 44 heavy (non-hydrogen) atoms. The molecule has 0 saturated carbocycles. The third kappa shape index (κ3) is 3.07. The van der Waals surface area contributed by atoms with E-state index in [1.54, 1.807) is 0 Å². The second kappa shape index (κ2) is 8.89. The van der Waals surface area contributed by atoms with Crippen LogP contribution in [0.1, 0.15) is 22.3 Å². The molecule has 1 heterocycles. The molecule has 1 heteroatoms. The SMILES string of the molecule is c1cc(-c2ccc3c(c2)C2(c4ccccc4-c4ccccc42)c2ccccc2-3)cc(-c2cccc3c2sc2ccccc23)c1. The van der Waals surface area contributed by atoms with E-state index in [1.807, 2.05) is 11.3 Å². The van der Waals surface area contributed by atoms with Gasteiger partial charge in [0.2, 0.25) is 0 Å². The molecule has 1 aromatic heterocycles. The number of hydrogen-bond donors (Lipinski definition) is 0. The zero-order valence-electron chi connectivity index (χ0n) is 23.9. The molecule has 0 fully saturated rings. The molecule has 0 bridgehead atoms. The van der Waals surface area contributed by atoms with Crippen LogP contribution in [0.25, 0.3) is 64.7 Å². The average molecular weight is 575 g/mol. The van der Waals surface area contributed by atoms with Gasteiger partial charge in [-0.3, -0.25) is 0 Å². The summed E-state index contributed by atoms with van der Waals surface area (Å²) in [6.07, 6.45) is 0. The summed E-state index contributed by atoms with van der Waals surface area (Å²) in [7, 11) is 0. The van der Waals surface area contributed by atoms with Crippen LogP contribution >= 0.6 is 11.3 Å². The summed E-state index contributed by atoms with van der Waals surface area (Å²) >= 11 is 1.89. The summed E-state index contributed by atoms with van der Waals surface area (Å²) in [5, 5.41) is 2.68. The first-order valence-electron chi connectivity index (χ1n) is 15.3. The molecule has 0 radical (unpaired) electrons. The molecule has 0 aliphatic heterocycles. The summed E-state index contributed by atoms with van der Waals surface area (Å²) in [5.74, 6) is 0. The van der Waals surface area contributed by atoms with Gasteiger partial charge in [-0.25, -0.2) is 0 Å². The highest BCUT2D eigenvalue weighted by Crippen LogP contribution is 2.63. The van der Waals surface area contributed by atoms with Crippen LogP contribution in [0.3, 0.4) is 0 Å². The maximum Gasteiger partial charge on any atom is 0.0725 e. The molecule has 0 saturated heterocycles. The Morgan fingerprint density at radius 1 is 0.341 bits per heavy atom. The Bertz CT molecular complexity index is 2390. The molecule has 7 aromatic carbocycles. The molecule has 1 spiro atoms. The molecular formula is C43H26S. The lowest BCUT2D eigenvalue weighted by Gasteiger charge is -2.30. The van der Waals surface area contributed by atoms with Crippen molar-refractivity contribution in [3.8, 4) is 44.5 Å². The summed E-state index contributed by atoms with van der Waals surface area (Å²) in [5.41, 5.74) is 15.6. The fourth-order valence-electron chi connectivity index (χ4n) is 8.12. The van der Waals surface area contributed by atoms with Gasteiger partial charge < -0.3 is 0 Å². The van der Waals surface area contributed by atoms with Crippen LogP contribution < -0.4 is 0 Å². The normalized spacial score (nSPS) is 13.6. The zero-order valence-corrected chi connectivity index (χ0v) is 24.7. The number of rotatable bonds is 2. The molecule has 8 aromatic rings. The Kier molecular flexibility index (Phi) is 4.90. The van der Waals surface area contributed by atoms with Crippen molar-refractivity contribution < 1.29 is 0 Å². The summed E-state index contributed by atoms with van der Waals surface area (Å²) in [6.45, 7) is 0. The quantitative estimate of drug-likeness (QED) is 0.193. The highest BCUT2D eigenvalue weighted by atomic mass is 32.1. The van der Waals surface area contributed by atoms with E-state index in [9.17, 15) is 0 Å². The van der Waals surface area contributed by atoms with Gasteiger partial charge in [0.25, 0.3) is 0 Å². The van der Waals surface area contributed by atoms with E-state index in [4.69, 9.17) is 0 Å². The zero-order chi connectivity index (χ0) is 28.8. The fraction of sp³-hybridized carbons (Fsp3) is 0.0233. The molecular weight excluding hydrogens is 549 g/mol. The maximum absolute atomic E-state index is 2.48. The lowest BCUT2D eigenvalue weighted by atomic mass is 9.70. The van der Waals surface area contributed by atoms with Gasteiger partial charge in [0, 0.05) is 20.2 Å². The van der Waals surface area contributed by atoms with Crippen molar-refractivity contribution in [1.82, 2.24) is 0 Å². The van der Waals surface area contributed by atoms with Crippen molar-refractivity contribution in [2.24, 2.45) is 0 Å². The fourth-order valence-corrected chi connectivity index (χ4v) is 9.35. The third-order valence-electron chi connectivity index (χ3n) is 9.91. The molecule has 10 rings (SSSR count). The molecule has 2 aliphatic carbocycles. The summed E-state index contributed by atoms with van der Waals surface area (Å²) in [6, 6.07) is 58.9. The minimum Gasteiger partial charge on any atom is -0.135 e. The first-order chi connectivity index (χ1) is 21.8. The third-order valence-corrected chi connectivity index (χ3v) is 11.1. The predicted octanol–water partition coefficient (Wildman–Crippen LogP) is 11.7. The minimum atomic E-state index is -0.324. The average Bonchev–Trinajstić information content (AvgIpc) is 3.72. The van der Waals surface area contributed by atoms with Crippen LogP contribution in [0, 0.1) is 0 Å². The molecule has 0 N–H and O–H groups in total. The topological polar surface area (TPSA) is 0 Å². The number of hydrogen-bond acceptors (Lipinski definition) is 1. The van der Waals surface area contributed by atoms with Gasteiger partial charge in [0.15, 0.2) is 0 Å². The number of fused-ring (bicyclic) bond motifs is 13. The molecule has 0 unspecified atom stereocenters. The largest absolute Gasteiger partial charge is 0.135 e. The monoisotopic (exact) mass is 574 g/mol. The van der Waals surface area contributed by atoms with Crippen molar-refractivity contribution in [2.45, 2.75) is 5.41 Å². The van der Waals surface area contributed by atoms with E-state index in [1.165, 1.54) is 86.9 Å². The first-order valence-corrected chi connectivity index (χ1v) is 16.1. The van der Waals surface area contributed by atoms with Crippen molar-refractivity contribution in [3.05, 3.63) is 180 Å². The van der Waals surface area contributed by atoms with E-state index >= 15 is 0 Å². The Labute approximate surface area is 260 Å². The Morgan fingerprint density at radius 2 is 0.864 bits per heavy atom. The molecule has 2 aliphatic rings. The second-order valence-electron chi connectivity index (χ2n) is 12.0. The van der Waals surface area contributed by atoms with E-state index in [2.05, 4.69) is 158 Å². The van der Waals surface area contributed by atoms with Gasteiger partial charge in [-0.05, 0) is 85.0 Å². The highest BCUT2D eigenvalue weighted by Gasteiger charge is 2.51. The van der Waals surface area contributed by atoms with Gasteiger partial charge >= 0.3 is 0 Å². The van der Waals surface area contributed by atoms with Gasteiger partial charge in [0.1, 0.15) is 0 Å². The number of benzene rings is 7. The van der Waals surface area contributed by atoms with E-state index < -0.39 is 0 Å². The van der Waals surface area contributed by atoms with E-state index in [0.717, 1.165) is 0 Å². The minimum absolute atomic E-state index is 0.324. The van der Waals surface area contributed by atoms with Gasteiger partial charge in [-0.1, -0.05) is 140 Å². The van der Waals surface area contributed by atoms with E-state index in [0.29, 0.717) is 0 Å². The molecule has 204 valence electrons. The van der Waals surface area contributed by atoms with Crippen molar-refractivity contribution in [1.29, 1.82) is 0 Å². The van der Waals surface area contributed by atoms with Crippen LogP contribution in [0.4, 0.5) is 0 Å². The Hall–Kier alpha value is -5.24. The lowest BCUT2D eigenvalue weighted by molar-refractivity contribution is 0.794. The van der Waals surface area contributed by atoms with Crippen LogP contribution in [-0.2, 0) is 5.41 Å². The molecule has 0 nitrogen and oxygen atoms in total. The number of thiophene rings is 1. The van der Waals surface area contributed by atoms with Crippen LogP contribution in [-0.4, -0.2) is 0 Å². The highest BCUT2D eigenvalue weighted by molar-refractivity contribution is 7.26. The maximum atomic E-state index is 2.48. The first kappa shape index (κ1) is 24.2. The summed E-state index contributed by atoms with van der Waals surface area (Å²) < 4.78 is 2.69. The standard InChI is InChI=1S/C43H26S/c1-5-19-37-31(13-1)32-14-2-6-20-38(32)43(37)39-21-7-3-15-33(39)34-24-23-28(26-40(34)43)27-11-9-12-29(25-27)30-17-10-18-36-35-16-4-8-22-41(35)44-42(30)36/h1-26H. The Morgan fingerprint density at radius 3 is 1.59 bits per heavy atom. The van der Waals surface area contributed by atoms with E-state index in [-0.39, 0.29) is 5.41 Å². The Balaban J connectivity index is 1.20. The lowest BCUT2D eigenvalue weighted by Crippen LogP contribution is -2.25. The van der Waals surface area contributed by atoms with Gasteiger partial charge in [-0.15, -0.1) is 11.3 Å². The van der Waals surface area contributed by atoms with Crippen molar-refractivity contribution >= 4 is 31.5 Å².